The Kier molecular flexibility index (Phi) is 4.44. The molecule has 0 fully saturated rings. The van der Waals surface area contributed by atoms with Gasteiger partial charge in [0.15, 0.2) is 0 Å². The molecule has 1 amide bonds. The number of anilines is 1. The molecule has 0 heterocycles. The second-order valence-corrected chi connectivity index (χ2v) is 3.58. The molecule has 16 heavy (non-hydrogen) atoms. The highest BCUT2D eigenvalue weighted by Gasteiger charge is 2.07. The van der Waals surface area contributed by atoms with Crippen molar-refractivity contribution >= 4 is 33.2 Å². The van der Waals surface area contributed by atoms with Crippen LogP contribution in [-0.4, -0.2) is 11.6 Å². The highest BCUT2D eigenvalue weighted by molar-refractivity contribution is 9.10. The van der Waals surface area contributed by atoms with Gasteiger partial charge in [-0.15, -0.1) is 0 Å². The van der Waals surface area contributed by atoms with Gasteiger partial charge in [0.05, 0.1) is 5.69 Å². The lowest BCUT2D eigenvalue weighted by atomic mass is 10.3. The normalized spacial score (nSPS) is 10.4. The number of nitrogens with one attached hydrogen (secondary N) is 2. The van der Waals surface area contributed by atoms with Crippen LogP contribution in [0.2, 0.25) is 0 Å². The maximum Gasteiger partial charge on any atom is 0.296 e. The number of nitrogens with zero attached hydrogens (tertiary/aromatic N) is 2. The Bertz CT molecular complexity index is 448. The second-order valence-electron chi connectivity index (χ2n) is 2.66. The van der Waals surface area contributed by atoms with Gasteiger partial charge >= 0.3 is 0 Å². The van der Waals surface area contributed by atoms with Gasteiger partial charge in [-0.2, -0.15) is 10.4 Å². The Balaban J connectivity index is 2.75. The summed E-state index contributed by atoms with van der Waals surface area (Å²) in [6.07, 6.45) is 0. The lowest BCUT2D eigenvalue weighted by Crippen LogP contribution is -2.36. The van der Waals surface area contributed by atoms with Gasteiger partial charge < -0.3 is 0 Å². The summed E-state index contributed by atoms with van der Waals surface area (Å²) in [5.74, 6) is 4.13. The van der Waals surface area contributed by atoms with E-state index in [0.717, 1.165) is 4.47 Å². The van der Waals surface area contributed by atoms with E-state index in [1.165, 1.54) is 0 Å². The van der Waals surface area contributed by atoms with Crippen molar-refractivity contribution in [2.24, 2.45) is 10.9 Å². The van der Waals surface area contributed by atoms with Gasteiger partial charge in [-0.1, -0.05) is 15.9 Å². The Labute approximate surface area is 100 Å². The highest BCUT2D eigenvalue weighted by Crippen LogP contribution is 2.13. The number of benzene rings is 1. The summed E-state index contributed by atoms with van der Waals surface area (Å²) < 4.78 is 0.919. The minimum atomic E-state index is -0.743. The maximum atomic E-state index is 11.0. The summed E-state index contributed by atoms with van der Waals surface area (Å²) in [4.78, 5) is 11.0. The monoisotopic (exact) mass is 281 g/mol. The van der Waals surface area contributed by atoms with Crippen LogP contribution in [0.15, 0.2) is 33.8 Å². The third kappa shape index (κ3) is 3.34. The van der Waals surface area contributed by atoms with Crippen molar-refractivity contribution in [1.82, 2.24) is 5.43 Å². The molecule has 1 aromatic rings. The number of hydrazone groups is 1. The van der Waals surface area contributed by atoms with Gasteiger partial charge in [0, 0.05) is 4.47 Å². The average molecular weight is 282 g/mol. The molecule has 0 saturated heterocycles. The maximum absolute atomic E-state index is 11.0. The van der Waals surface area contributed by atoms with E-state index in [1.54, 1.807) is 30.3 Å². The number of hydrazine groups is 1. The van der Waals surface area contributed by atoms with Crippen molar-refractivity contribution in [3.8, 4) is 6.07 Å². The minimum Gasteiger partial charge on any atom is -0.288 e. The minimum absolute atomic E-state index is 0.342. The molecular weight excluding hydrogens is 274 g/mol. The average Bonchev–Trinajstić information content (AvgIpc) is 2.31. The summed E-state index contributed by atoms with van der Waals surface area (Å²) in [6, 6.07) is 8.70. The van der Waals surface area contributed by atoms with Gasteiger partial charge in [-0.05, 0) is 24.3 Å². The lowest BCUT2D eigenvalue weighted by molar-refractivity contribution is -0.114. The molecule has 6 nitrogen and oxygen atoms in total. The van der Waals surface area contributed by atoms with Crippen molar-refractivity contribution in [2.75, 3.05) is 5.43 Å². The zero-order valence-corrected chi connectivity index (χ0v) is 9.65. The number of hydrogen-bond donors (Lipinski definition) is 3. The van der Waals surface area contributed by atoms with Crippen molar-refractivity contribution in [1.29, 1.82) is 5.26 Å². The quantitative estimate of drug-likeness (QED) is 0.329. The Hall–Kier alpha value is -1.91. The van der Waals surface area contributed by atoms with Crippen LogP contribution in [0.3, 0.4) is 0 Å². The Morgan fingerprint density at radius 2 is 2.06 bits per heavy atom. The molecule has 0 aliphatic rings. The first kappa shape index (κ1) is 12.2. The van der Waals surface area contributed by atoms with Crippen molar-refractivity contribution in [2.45, 2.75) is 0 Å². The molecule has 1 aromatic carbocycles. The number of hydrogen-bond acceptors (Lipinski definition) is 5. The van der Waals surface area contributed by atoms with Crippen LogP contribution < -0.4 is 16.7 Å². The predicted octanol–water partition coefficient (Wildman–Crippen LogP) is 0.730. The molecule has 82 valence electrons. The van der Waals surface area contributed by atoms with Gasteiger partial charge in [-0.3, -0.25) is 15.6 Å². The fraction of sp³-hybridized carbons (Fsp3) is 0. The molecule has 1 rings (SSSR count). The first-order valence-corrected chi connectivity index (χ1v) is 4.97. The van der Waals surface area contributed by atoms with E-state index in [2.05, 4.69) is 26.5 Å². The van der Waals surface area contributed by atoms with E-state index in [-0.39, 0.29) is 5.71 Å². The smallest absolute Gasteiger partial charge is 0.288 e. The molecule has 0 unspecified atom stereocenters. The SMILES string of the molecule is N#CC(=NNc1ccc(Br)cc1)C(=O)NN. The molecule has 0 aliphatic heterocycles. The Morgan fingerprint density at radius 1 is 1.44 bits per heavy atom. The van der Waals surface area contributed by atoms with Crippen LogP contribution in [0.5, 0.6) is 0 Å². The molecule has 0 spiro atoms. The van der Waals surface area contributed by atoms with Crippen molar-refractivity contribution in [3.05, 3.63) is 28.7 Å². The topological polar surface area (TPSA) is 103 Å². The standard InChI is InChI=1S/C9H8BrN5O/c10-6-1-3-7(4-2-6)14-15-8(5-11)9(16)13-12/h1-4,14H,12H2,(H,13,16). The number of halogens is 1. The summed E-state index contributed by atoms with van der Waals surface area (Å²) in [5.41, 5.74) is 4.70. The van der Waals surface area contributed by atoms with Crippen LogP contribution in [0.1, 0.15) is 0 Å². The summed E-state index contributed by atoms with van der Waals surface area (Å²) in [5, 5.41) is 12.2. The van der Waals surface area contributed by atoms with Crippen LogP contribution in [-0.2, 0) is 4.79 Å². The van der Waals surface area contributed by atoms with Crippen LogP contribution in [0.25, 0.3) is 0 Å². The van der Waals surface area contributed by atoms with E-state index in [1.807, 2.05) is 5.43 Å². The zero-order chi connectivity index (χ0) is 12.0. The molecule has 0 aromatic heterocycles. The van der Waals surface area contributed by atoms with E-state index < -0.39 is 5.91 Å². The van der Waals surface area contributed by atoms with E-state index >= 15 is 0 Å². The van der Waals surface area contributed by atoms with Crippen molar-refractivity contribution in [3.63, 3.8) is 0 Å². The first-order chi connectivity index (χ1) is 7.67. The molecule has 0 radical (unpaired) electrons. The molecular formula is C9H8BrN5O. The number of amides is 1. The fourth-order valence-corrected chi connectivity index (χ4v) is 1.10. The van der Waals surface area contributed by atoms with Crippen LogP contribution in [0, 0.1) is 11.3 Å². The third-order valence-corrected chi connectivity index (χ3v) is 2.12. The summed E-state index contributed by atoms with van der Waals surface area (Å²) in [7, 11) is 0. The van der Waals surface area contributed by atoms with Crippen LogP contribution >= 0.6 is 15.9 Å². The van der Waals surface area contributed by atoms with E-state index in [9.17, 15) is 4.79 Å². The molecule has 0 atom stereocenters. The molecule has 0 bridgehead atoms. The predicted molar refractivity (Wildman–Crippen MR) is 63.1 cm³/mol. The Morgan fingerprint density at radius 3 is 2.56 bits per heavy atom. The third-order valence-electron chi connectivity index (χ3n) is 1.59. The van der Waals surface area contributed by atoms with E-state index in [4.69, 9.17) is 11.1 Å². The van der Waals surface area contributed by atoms with Gasteiger partial charge in [0.1, 0.15) is 6.07 Å². The number of carbonyl (C=O) groups is 1. The molecule has 0 aliphatic carbocycles. The fourth-order valence-electron chi connectivity index (χ4n) is 0.840. The van der Waals surface area contributed by atoms with Gasteiger partial charge in [0.2, 0.25) is 5.71 Å². The molecule has 7 heteroatoms. The van der Waals surface area contributed by atoms with Gasteiger partial charge in [0.25, 0.3) is 5.91 Å². The largest absolute Gasteiger partial charge is 0.296 e. The summed E-state index contributed by atoms with van der Waals surface area (Å²) in [6.45, 7) is 0. The summed E-state index contributed by atoms with van der Waals surface area (Å²) >= 11 is 3.28. The molecule has 4 N–H and O–H groups in total. The number of nitrogens with two attached hydrogens (primary N) is 1. The zero-order valence-electron chi connectivity index (χ0n) is 8.07. The van der Waals surface area contributed by atoms with Crippen molar-refractivity contribution < 1.29 is 4.79 Å². The van der Waals surface area contributed by atoms with Gasteiger partial charge in [-0.25, -0.2) is 5.84 Å². The van der Waals surface area contributed by atoms with E-state index in [0.29, 0.717) is 5.69 Å². The molecule has 0 saturated carbocycles. The van der Waals surface area contributed by atoms with Crippen LogP contribution in [0.4, 0.5) is 5.69 Å². The second kappa shape index (κ2) is 5.85. The lowest BCUT2D eigenvalue weighted by Gasteiger charge is -2.00. The number of nitriles is 1. The first-order valence-electron chi connectivity index (χ1n) is 4.17. The highest BCUT2D eigenvalue weighted by atomic mass is 79.9. The number of carbonyl (C=O) groups excluding carboxylic acids is 1. The number of rotatable bonds is 3.